The van der Waals surface area contributed by atoms with Crippen LogP contribution in [0.2, 0.25) is 0 Å². The molecule has 1 aliphatic heterocycles. The topological polar surface area (TPSA) is 67.3 Å². The molecule has 1 aliphatic rings. The molecule has 142 valence electrons. The molecule has 0 atom stereocenters. The average Bonchev–Trinajstić information content (AvgIpc) is 2.72. The Morgan fingerprint density at radius 2 is 1.89 bits per heavy atom. The first kappa shape index (κ1) is 18.0. The van der Waals surface area contributed by atoms with Crippen LogP contribution in [-0.4, -0.2) is 34.4 Å². The summed E-state index contributed by atoms with van der Waals surface area (Å²) in [5.41, 5.74) is 4.45. The number of benzene rings is 2. The number of ether oxygens (including phenoxy) is 1. The van der Waals surface area contributed by atoms with Crippen LogP contribution in [0, 0.1) is 6.92 Å². The summed E-state index contributed by atoms with van der Waals surface area (Å²) in [6.07, 6.45) is 0.862. The molecular weight excluding hydrogens is 352 g/mol. The Morgan fingerprint density at radius 1 is 1.07 bits per heavy atom. The van der Waals surface area contributed by atoms with Gasteiger partial charge in [0.25, 0.3) is 5.91 Å². The van der Waals surface area contributed by atoms with Gasteiger partial charge >= 0.3 is 0 Å². The number of amides is 1. The van der Waals surface area contributed by atoms with E-state index in [0.29, 0.717) is 24.7 Å². The van der Waals surface area contributed by atoms with Crippen LogP contribution < -0.4 is 10.1 Å². The third-order valence-corrected chi connectivity index (χ3v) is 4.82. The smallest absolute Gasteiger partial charge is 0.272 e. The quantitative estimate of drug-likeness (QED) is 0.754. The minimum atomic E-state index is -0.0753. The van der Waals surface area contributed by atoms with Crippen molar-refractivity contribution in [1.29, 1.82) is 0 Å². The molecule has 0 bridgehead atoms. The average molecular weight is 374 g/mol. The number of carbonyl (C=O) groups excluding carboxylic acids is 1. The third kappa shape index (κ3) is 3.81. The Kier molecular flexibility index (Phi) is 4.93. The zero-order chi connectivity index (χ0) is 19.5. The summed E-state index contributed by atoms with van der Waals surface area (Å²) in [5.74, 6) is 1.06. The lowest BCUT2D eigenvalue weighted by molar-refractivity contribution is 0.0728. The van der Waals surface area contributed by atoms with Gasteiger partial charge in [0, 0.05) is 30.5 Å². The van der Waals surface area contributed by atoms with Crippen LogP contribution in [0.25, 0.3) is 0 Å². The Balaban J connectivity index is 1.56. The molecule has 1 aromatic heterocycles. The summed E-state index contributed by atoms with van der Waals surface area (Å²) in [6, 6.07) is 17.5. The standard InChI is InChI=1S/C22H22N4O2/c1-15-12-20(21(27)26-11-10-16-6-3-4-7-17(16)14-26)25-22(23-15)24-18-8-5-9-19(13-18)28-2/h3-9,12-13H,10-11,14H2,1-2H3,(H,23,24,25). The van der Waals surface area contributed by atoms with Gasteiger partial charge in [-0.2, -0.15) is 0 Å². The van der Waals surface area contributed by atoms with Crippen LogP contribution in [0.5, 0.6) is 5.75 Å². The Morgan fingerprint density at radius 3 is 2.71 bits per heavy atom. The highest BCUT2D eigenvalue weighted by Gasteiger charge is 2.23. The number of aromatic nitrogens is 2. The van der Waals surface area contributed by atoms with E-state index < -0.39 is 0 Å². The molecule has 0 aliphatic carbocycles. The van der Waals surface area contributed by atoms with Crippen molar-refractivity contribution in [2.45, 2.75) is 19.9 Å². The van der Waals surface area contributed by atoms with Crippen molar-refractivity contribution in [3.63, 3.8) is 0 Å². The predicted molar refractivity (Wildman–Crippen MR) is 108 cm³/mol. The minimum absolute atomic E-state index is 0.0753. The van der Waals surface area contributed by atoms with Gasteiger partial charge < -0.3 is 15.0 Å². The highest BCUT2D eigenvalue weighted by Crippen LogP contribution is 2.22. The summed E-state index contributed by atoms with van der Waals surface area (Å²) in [4.78, 5) is 23.8. The molecule has 4 rings (SSSR count). The number of nitrogens with one attached hydrogen (secondary N) is 1. The molecule has 6 heteroatoms. The van der Waals surface area contributed by atoms with Crippen LogP contribution in [0.1, 0.15) is 27.3 Å². The normalized spacial score (nSPS) is 13.0. The molecule has 2 heterocycles. The molecule has 0 radical (unpaired) electrons. The minimum Gasteiger partial charge on any atom is -0.497 e. The van der Waals surface area contributed by atoms with Crippen LogP contribution in [0.15, 0.2) is 54.6 Å². The van der Waals surface area contributed by atoms with Gasteiger partial charge in [-0.3, -0.25) is 4.79 Å². The van der Waals surface area contributed by atoms with Crippen LogP contribution in [0.3, 0.4) is 0 Å². The van der Waals surface area contributed by atoms with E-state index in [4.69, 9.17) is 4.74 Å². The van der Waals surface area contributed by atoms with Crippen LogP contribution in [0.4, 0.5) is 11.6 Å². The second-order valence-corrected chi connectivity index (χ2v) is 6.82. The second-order valence-electron chi connectivity index (χ2n) is 6.82. The lowest BCUT2D eigenvalue weighted by atomic mass is 10.00. The van der Waals surface area contributed by atoms with E-state index in [-0.39, 0.29) is 5.91 Å². The molecule has 6 nitrogen and oxygen atoms in total. The molecule has 1 N–H and O–H groups in total. The van der Waals surface area contributed by atoms with E-state index in [1.54, 1.807) is 13.2 Å². The monoisotopic (exact) mass is 374 g/mol. The zero-order valence-electron chi connectivity index (χ0n) is 16.0. The van der Waals surface area contributed by atoms with Crippen molar-refractivity contribution < 1.29 is 9.53 Å². The molecule has 1 amide bonds. The third-order valence-electron chi connectivity index (χ3n) is 4.82. The summed E-state index contributed by atoms with van der Waals surface area (Å²) in [5, 5.41) is 3.16. The Hall–Kier alpha value is -3.41. The first-order valence-electron chi connectivity index (χ1n) is 9.25. The molecule has 2 aromatic carbocycles. The van der Waals surface area contributed by atoms with Gasteiger partial charge in [0.2, 0.25) is 5.95 Å². The zero-order valence-corrected chi connectivity index (χ0v) is 16.0. The van der Waals surface area contributed by atoms with Gasteiger partial charge in [-0.1, -0.05) is 30.3 Å². The van der Waals surface area contributed by atoms with E-state index in [2.05, 4.69) is 27.4 Å². The fourth-order valence-electron chi connectivity index (χ4n) is 3.40. The van der Waals surface area contributed by atoms with Crippen molar-refractivity contribution in [1.82, 2.24) is 14.9 Å². The molecule has 3 aromatic rings. The number of anilines is 2. The molecule has 0 saturated heterocycles. The first-order chi connectivity index (χ1) is 13.6. The molecular formula is C22H22N4O2. The maximum absolute atomic E-state index is 13.1. The predicted octanol–water partition coefficient (Wildman–Crippen LogP) is 3.74. The number of hydrogen-bond acceptors (Lipinski definition) is 5. The van der Waals surface area contributed by atoms with Crippen LogP contribution in [-0.2, 0) is 13.0 Å². The maximum atomic E-state index is 13.1. The first-order valence-corrected chi connectivity index (χ1v) is 9.25. The highest BCUT2D eigenvalue weighted by molar-refractivity contribution is 5.93. The Bertz CT molecular complexity index is 1020. The van der Waals surface area contributed by atoms with Gasteiger partial charge in [0.1, 0.15) is 11.4 Å². The largest absolute Gasteiger partial charge is 0.497 e. The summed E-state index contributed by atoms with van der Waals surface area (Å²) >= 11 is 0. The van der Waals surface area contributed by atoms with Crippen molar-refractivity contribution in [3.05, 3.63) is 77.1 Å². The molecule has 0 saturated carbocycles. The lowest BCUT2D eigenvalue weighted by Gasteiger charge is -2.28. The fourth-order valence-corrected chi connectivity index (χ4v) is 3.40. The van der Waals surface area contributed by atoms with Crippen molar-refractivity contribution in [2.24, 2.45) is 0 Å². The van der Waals surface area contributed by atoms with Crippen molar-refractivity contribution >= 4 is 17.5 Å². The number of hydrogen-bond donors (Lipinski definition) is 1. The Labute approximate surface area is 164 Å². The maximum Gasteiger partial charge on any atom is 0.272 e. The van der Waals surface area contributed by atoms with Gasteiger partial charge in [-0.25, -0.2) is 9.97 Å². The van der Waals surface area contributed by atoms with E-state index in [1.165, 1.54) is 11.1 Å². The van der Waals surface area contributed by atoms with E-state index >= 15 is 0 Å². The SMILES string of the molecule is COc1cccc(Nc2nc(C)cc(C(=O)N3CCc4ccccc4C3)n2)c1. The van der Waals surface area contributed by atoms with Gasteiger partial charge in [0.15, 0.2) is 0 Å². The van der Waals surface area contributed by atoms with Crippen LogP contribution >= 0.6 is 0 Å². The van der Waals surface area contributed by atoms with E-state index in [1.807, 2.05) is 48.2 Å². The molecule has 0 unspecified atom stereocenters. The fraction of sp³-hybridized carbons (Fsp3) is 0.227. The number of fused-ring (bicyclic) bond motifs is 1. The van der Waals surface area contributed by atoms with Gasteiger partial charge in [0.05, 0.1) is 7.11 Å². The number of carbonyl (C=O) groups is 1. The van der Waals surface area contributed by atoms with E-state index in [9.17, 15) is 4.79 Å². The second kappa shape index (κ2) is 7.68. The van der Waals surface area contributed by atoms with E-state index in [0.717, 1.165) is 23.6 Å². The molecule has 0 spiro atoms. The summed E-state index contributed by atoms with van der Waals surface area (Å²) < 4.78 is 5.24. The number of nitrogens with zero attached hydrogens (tertiary/aromatic N) is 3. The summed E-state index contributed by atoms with van der Waals surface area (Å²) in [7, 11) is 1.62. The number of methoxy groups -OCH3 is 1. The summed E-state index contributed by atoms with van der Waals surface area (Å²) in [6.45, 7) is 3.16. The van der Waals surface area contributed by atoms with Crippen molar-refractivity contribution in [2.75, 3.05) is 19.0 Å². The van der Waals surface area contributed by atoms with Gasteiger partial charge in [-0.05, 0) is 42.7 Å². The highest BCUT2D eigenvalue weighted by atomic mass is 16.5. The molecule has 0 fully saturated rings. The van der Waals surface area contributed by atoms with Gasteiger partial charge in [-0.15, -0.1) is 0 Å². The number of aryl methyl sites for hydroxylation is 1. The molecule has 28 heavy (non-hydrogen) atoms. The number of rotatable bonds is 4. The lowest BCUT2D eigenvalue weighted by Crippen LogP contribution is -2.36. The van der Waals surface area contributed by atoms with Crippen molar-refractivity contribution in [3.8, 4) is 5.75 Å².